The minimum Gasteiger partial charge on any atom is -0.351 e. The number of aryl methyl sites for hydroxylation is 2. The fourth-order valence-electron chi connectivity index (χ4n) is 2.91. The van der Waals surface area contributed by atoms with Crippen LogP contribution in [-0.4, -0.2) is 46.5 Å². The smallest absolute Gasteiger partial charge is 0.321 e. The first-order chi connectivity index (χ1) is 15.3. The molecule has 0 bridgehead atoms. The Hall–Kier alpha value is -2.81. The van der Waals surface area contributed by atoms with E-state index in [0.29, 0.717) is 4.90 Å². The van der Waals surface area contributed by atoms with Gasteiger partial charge in [0, 0.05) is 6.92 Å². The molecule has 0 saturated carbocycles. The third kappa shape index (κ3) is 8.92. The zero-order chi connectivity index (χ0) is 25.3. The van der Waals surface area contributed by atoms with E-state index < -0.39 is 42.0 Å². The maximum Gasteiger partial charge on any atom is 0.321 e. The molecule has 2 aromatic rings. The summed E-state index contributed by atoms with van der Waals surface area (Å²) in [6.45, 7) is 11.8. The molecule has 2 atom stereocenters. The van der Waals surface area contributed by atoms with Gasteiger partial charge in [0.05, 0.1) is 22.6 Å². The fourth-order valence-corrected chi connectivity index (χ4v) is 3.72. The molecule has 0 aliphatic rings. The molecule has 0 spiro atoms. The topological polar surface area (TPSA) is 105 Å². The summed E-state index contributed by atoms with van der Waals surface area (Å²) < 4.78 is 13.4. The van der Waals surface area contributed by atoms with Crippen molar-refractivity contribution >= 4 is 29.2 Å². The Balaban J connectivity index is 0.000000357. The van der Waals surface area contributed by atoms with Crippen molar-refractivity contribution < 1.29 is 18.8 Å². The number of urea groups is 1. The van der Waals surface area contributed by atoms with Crippen LogP contribution in [0, 0.1) is 19.3 Å². The molecule has 1 aromatic carbocycles. The summed E-state index contributed by atoms with van der Waals surface area (Å²) in [5, 5.41) is 2.49. The monoisotopic (exact) mass is 478 g/mol. The lowest BCUT2D eigenvalue weighted by molar-refractivity contribution is -0.137. The van der Waals surface area contributed by atoms with Crippen molar-refractivity contribution in [2.45, 2.75) is 67.1 Å². The number of nitrogens with zero attached hydrogens (tertiary/aromatic N) is 2. The number of rotatable bonds is 6. The number of benzene rings is 1. The van der Waals surface area contributed by atoms with E-state index in [1.54, 1.807) is 39.0 Å². The zero-order valence-electron chi connectivity index (χ0n) is 20.4. The highest BCUT2D eigenvalue weighted by Crippen LogP contribution is 2.27. The van der Waals surface area contributed by atoms with E-state index >= 15 is 0 Å². The summed E-state index contributed by atoms with van der Waals surface area (Å²) >= 11 is 1.70. The zero-order valence-corrected chi connectivity index (χ0v) is 21.3. The Morgan fingerprint density at radius 2 is 1.76 bits per heavy atom. The van der Waals surface area contributed by atoms with Crippen LogP contribution in [0.5, 0.6) is 0 Å². The van der Waals surface area contributed by atoms with Crippen LogP contribution in [0.2, 0.25) is 0 Å². The first-order valence-corrected chi connectivity index (χ1v) is 11.6. The van der Waals surface area contributed by atoms with E-state index in [-0.39, 0.29) is 6.42 Å². The highest BCUT2D eigenvalue weighted by molar-refractivity contribution is 7.13. The minimum atomic E-state index is -1.34. The number of hydrogen-bond donors (Lipinski definition) is 2. The fraction of sp³-hybridized carbons (Fsp3) is 0.500. The molecule has 3 N–H and O–H groups in total. The first-order valence-electron chi connectivity index (χ1n) is 10.8. The third-order valence-corrected chi connectivity index (χ3v) is 5.85. The lowest BCUT2D eigenvalue weighted by atomic mass is 9.85. The second-order valence-electron chi connectivity index (χ2n) is 8.93. The van der Waals surface area contributed by atoms with Crippen LogP contribution in [0.25, 0.3) is 10.4 Å². The number of alkyl halides is 1. The number of amides is 4. The van der Waals surface area contributed by atoms with E-state index in [1.807, 2.05) is 12.4 Å². The predicted molar refractivity (Wildman–Crippen MR) is 131 cm³/mol. The lowest BCUT2D eigenvalue weighted by Gasteiger charge is -2.33. The normalized spacial score (nSPS) is 12.7. The molecule has 33 heavy (non-hydrogen) atoms. The Morgan fingerprint density at radius 3 is 2.15 bits per heavy atom. The van der Waals surface area contributed by atoms with Gasteiger partial charge < -0.3 is 11.1 Å². The van der Waals surface area contributed by atoms with Gasteiger partial charge in [-0.05, 0) is 31.2 Å². The van der Waals surface area contributed by atoms with Gasteiger partial charge in [-0.3, -0.25) is 14.5 Å². The van der Waals surface area contributed by atoms with Crippen LogP contribution in [0.15, 0.2) is 29.8 Å². The van der Waals surface area contributed by atoms with Crippen LogP contribution >= 0.6 is 11.3 Å². The minimum absolute atomic E-state index is 0.164. The number of primary amides is 1. The summed E-state index contributed by atoms with van der Waals surface area (Å²) in [5.74, 6) is -1.11. The quantitative estimate of drug-likeness (QED) is 0.632. The van der Waals surface area contributed by atoms with E-state index in [1.165, 1.54) is 22.9 Å². The highest BCUT2D eigenvalue weighted by Gasteiger charge is 2.37. The Kier molecular flexibility index (Phi) is 10.6. The molecule has 2 rings (SSSR count). The summed E-state index contributed by atoms with van der Waals surface area (Å²) in [4.78, 5) is 41.1. The van der Waals surface area contributed by atoms with Crippen LogP contribution in [0.3, 0.4) is 0 Å². The number of aromatic nitrogens is 1. The molecule has 9 heteroatoms. The van der Waals surface area contributed by atoms with Gasteiger partial charge in [0.15, 0.2) is 0 Å². The average molecular weight is 479 g/mol. The van der Waals surface area contributed by atoms with Crippen molar-refractivity contribution in [1.29, 1.82) is 0 Å². The number of carbonyl (C=O) groups excluding carboxylic acids is 3. The number of thiazole rings is 1. The number of nitrogens with two attached hydrogens (primary N) is 1. The van der Waals surface area contributed by atoms with Crippen LogP contribution < -0.4 is 11.1 Å². The Bertz CT molecular complexity index is 938. The molecule has 2 unspecified atom stereocenters. The lowest BCUT2D eigenvalue weighted by Crippen LogP contribution is -2.57. The number of halogens is 1. The molecule has 1 aromatic heterocycles. The van der Waals surface area contributed by atoms with E-state index in [0.717, 1.165) is 5.69 Å². The van der Waals surface area contributed by atoms with Crippen LogP contribution in [-0.2, 0) is 9.59 Å². The van der Waals surface area contributed by atoms with Crippen molar-refractivity contribution in [3.8, 4) is 10.4 Å². The van der Waals surface area contributed by atoms with E-state index in [4.69, 9.17) is 5.73 Å². The van der Waals surface area contributed by atoms with Gasteiger partial charge in [-0.25, -0.2) is 14.2 Å². The predicted octanol–water partition coefficient (Wildman–Crippen LogP) is 4.62. The molecule has 0 aliphatic heterocycles. The summed E-state index contributed by atoms with van der Waals surface area (Å²) in [5.41, 5.74) is 10.1. The number of nitrogens with one attached hydrogen (secondary N) is 1. The first kappa shape index (κ1) is 28.2. The SMILES string of the molecule is CCC(F)CN(C(N)=O)C(=O)C(NC(C)=O)C(C)(C)C.Cc1ccc(-c2scnc2C)cc1. The molecule has 182 valence electrons. The van der Waals surface area contributed by atoms with Crippen LogP contribution in [0.4, 0.5) is 9.18 Å². The van der Waals surface area contributed by atoms with E-state index in [9.17, 15) is 18.8 Å². The van der Waals surface area contributed by atoms with Crippen molar-refractivity contribution in [2.75, 3.05) is 6.54 Å². The number of carbonyl (C=O) groups is 3. The van der Waals surface area contributed by atoms with Gasteiger partial charge in [0.25, 0.3) is 5.91 Å². The Labute approximate surface area is 199 Å². The summed E-state index contributed by atoms with van der Waals surface area (Å²) in [6.07, 6.45) is -1.18. The van der Waals surface area contributed by atoms with Crippen molar-refractivity contribution in [2.24, 2.45) is 11.1 Å². The maximum atomic E-state index is 13.4. The van der Waals surface area contributed by atoms with E-state index in [2.05, 4.69) is 41.5 Å². The van der Waals surface area contributed by atoms with Gasteiger partial charge in [-0.1, -0.05) is 57.5 Å². The molecular formula is C24H35FN4O3S. The van der Waals surface area contributed by atoms with Gasteiger partial charge in [-0.15, -0.1) is 11.3 Å². The highest BCUT2D eigenvalue weighted by atomic mass is 32.1. The van der Waals surface area contributed by atoms with Crippen molar-refractivity contribution in [3.63, 3.8) is 0 Å². The number of imide groups is 1. The average Bonchev–Trinajstić information content (AvgIpc) is 3.15. The second-order valence-corrected chi connectivity index (χ2v) is 9.78. The molecule has 4 amide bonds. The standard InChI is InChI=1S/C13H24FN3O3.C11H11NS/c1-6-9(14)7-17(12(15)20)11(19)10(13(3,4)5)16-8(2)18;1-8-3-5-10(6-4-8)11-9(2)12-7-13-11/h9-10H,6-7H2,1-5H3,(H2,15,20)(H,16,18);3-7H,1-2H3. The molecule has 7 nitrogen and oxygen atoms in total. The van der Waals surface area contributed by atoms with Crippen molar-refractivity contribution in [3.05, 3.63) is 41.0 Å². The van der Waals surface area contributed by atoms with Crippen molar-refractivity contribution in [1.82, 2.24) is 15.2 Å². The van der Waals surface area contributed by atoms with Gasteiger partial charge in [-0.2, -0.15) is 0 Å². The third-order valence-electron chi connectivity index (χ3n) is 4.88. The summed E-state index contributed by atoms with van der Waals surface area (Å²) in [7, 11) is 0. The molecule has 0 aliphatic carbocycles. The molecule has 0 radical (unpaired) electrons. The summed E-state index contributed by atoms with van der Waals surface area (Å²) in [6, 6.07) is 6.59. The molecule has 1 heterocycles. The molecule has 0 fully saturated rings. The second kappa shape index (κ2) is 12.4. The number of hydrogen-bond acceptors (Lipinski definition) is 5. The Morgan fingerprint density at radius 1 is 1.18 bits per heavy atom. The van der Waals surface area contributed by atoms with Gasteiger partial charge in [0.2, 0.25) is 5.91 Å². The van der Waals surface area contributed by atoms with Gasteiger partial charge in [0.1, 0.15) is 12.2 Å². The van der Waals surface area contributed by atoms with Crippen LogP contribution in [0.1, 0.15) is 52.3 Å². The molecule has 0 saturated heterocycles. The molecular weight excluding hydrogens is 443 g/mol. The van der Waals surface area contributed by atoms with Gasteiger partial charge >= 0.3 is 6.03 Å². The largest absolute Gasteiger partial charge is 0.351 e. The maximum absolute atomic E-state index is 13.4.